The molecule has 2 atom stereocenters. The molecule has 2 aliphatic heterocycles. The number of ether oxygens (including phenoxy) is 2. The molecule has 1 saturated heterocycles. The van der Waals surface area contributed by atoms with E-state index in [-0.39, 0.29) is 0 Å². The fraction of sp³-hybridized carbons (Fsp3) is 0.448. The molecule has 3 aliphatic rings. The number of fused-ring (bicyclic) bond motifs is 2. The van der Waals surface area contributed by atoms with Crippen LogP contribution >= 0.6 is 11.3 Å². The van der Waals surface area contributed by atoms with E-state index in [1.807, 2.05) is 0 Å². The third-order valence-electron chi connectivity index (χ3n) is 7.25. The Kier molecular flexibility index (Phi) is 7.87. The first kappa shape index (κ1) is 24.8. The molecule has 0 radical (unpaired) electrons. The minimum Gasteiger partial charge on any atom is -0.488 e. The number of nitrogens with zero attached hydrogens (tertiary/aromatic N) is 2. The van der Waals surface area contributed by atoms with E-state index in [0.29, 0.717) is 19.7 Å². The average Bonchev–Trinajstić information content (AvgIpc) is 3.52. The first-order chi connectivity index (χ1) is 17.6. The third kappa shape index (κ3) is 5.90. The summed E-state index contributed by atoms with van der Waals surface area (Å²) in [6, 6.07) is 13.2. The second-order valence-corrected chi connectivity index (χ2v) is 10.7. The first-order valence-electron chi connectivity index (χ1n) is 13.0. The van der Waals surface area contributed by atoms with Gasteiger partial charge in [-0.15, -0.1) is 11.3 Å². The molecule has 1 aromatic heterocycles. The van der Waals surface area contributed by atoms with Crippen molar-refractivity contribution in [1.29, 1.82) is 0 Å². The van der Waals surface area contributed by atoms with Crippen LogP contribution in [0, 0.1) is 18.8 Å². The molecule has 1 aliphatic carbocycles. The van der Waals surface area contributed by atoms with E-state index in [1.54, 1.807) is 18.3 Å². The van der Waals surface area contributed by atoms with Crippen molar-refractivity contribution in [3.05, 3.63) is 64.0 Å². The number of thiazole rings is 1. The van der Waals surface area contributed by atoms with Crippen LogP contribution in [0.25, 0.3) is 11.3 Å². The van der Waals surface area contributed by atoms with Crippen LogP contribution in [0.3, 0.4) is 0 Å². The number of aromatic nitrogens is 1. The van der Waals surface area contributed by atoms with E-state index in [4.69, 9.17) is 9.72 Å². The van der Waals surface area contributed by atoms with Crippen molar-refractivity contribution in [1.82, 2.24) is 10.3 Å². The van der Waals surface area contributed by atoms with Crippen LogP contribution in [0.2, 0.25) is 0 Å². The standard InChI is InChI=1S/C26H29N3OS.C3H6O2/c1-17-2-5-25(30-15-18-3-4-21-13-27-8-6-19(21)11-18)23(10-17)24-16-31-26(28-24)29-9-7-20-12-22(20)14-29;1-2-5-3-4/h2-5,10-11,16,20,22,27H,6-9,12-15H2,1H3;3H,2H2,1H3. The lowest BCUT2D eigenvalue weighted by atomic mass is 9.99. The van der Waals surface area contributed by atoms with Crippen molar-refractivity contribution in [3.8, 4) is 17.0 Å². The lowest BCUT2D eigenvalue weighted by Gasteiger charge is -2.25. The molecule has 2 aromatic carbocycles. The Morgan fingerprint density at radius 2 is 2.11 bits per heavy atom. The highest BCUT2D eigenvalue weighted by atomic mass is 32.1. The van der Waals surface area contributed by atoms with E-state index < -0.39 is 0 Å². The second kappa shape index (κ2) is 11.4. The van der Waals surface area contributed by atoms with Gasteiger partial charge in [0.15, 0.2) is 5.13 Å². The molecule has 0 spiro atoms. The summed E-state index contributed by atoms with van der Waals surface area (Å²) in [6.45, 7) is 9.76. The molecule has 3 heterocycles. The van der Waals surface area contributed by atoms with Gasteiger partial charge in [0.05, 0.1) is 12.3 Å². The lowest BCUT2D eigenvalue weighted by molar-refractivity contribution is -0.128. The molecule has 7 heteroatoms. The molecule has 1 saturated carbocycles. The van der Waals surface area contributed by atoms with Crippen molar-refractivity contribution in [2.45, 2.75) is 46.3 Å². The molecule has 0 bridgehead atoms. The van der Waals surface area contributed by atoms with Gasteiger partial charge in [-0.25, -0.2) is 4.98 Å². The maximum Gasteiger partial charge on any atom is 0.293 e. The summed E-state index contributed by atoms with van der Waals surface area (Å²) in [5.74, 6) is 2.82. The Balaban J connectivity index is 0.000000489. The minimum absolute atomic E-state index is 0.431. The summed E-state index contributed by atoms with van der Waals surface area (Å²) in [6.07, 6.45) is 3.84. The largest absolute Gasteiger partial charge is 0.488 e. The molecule has 6 nitrogen and oxygen atoms in total. The Bertz CT molecular complexity index is 1190. The maximum atomic E-state index is 9.18. The number of aryl methyl sites for hydroxylation is 1. The van der Waals surface area contributed by atoms with Gasteiger partial charge in [-0.05, 0) is 80.3 Å². The normalized spacial score (nSPS) is 19.9. The summed E-state index contributed by atoms with van der Waals surface area (Å²) in [4.78, 5) is 16.7. The second-order valence-electron chi connectivity index (χ2n) is 9.88. The Morgan fingerprint density at radius 3 is 2.92 bits per heavy atom. The highest BCUT2D eigenvalue weighted by Gasteiger charge is 2.42. The van der Waals surface area contributed by atoms with Gasteiger partial charge >= 0.3 is 0 Å². The predicted octanol–water partition coefficient (Wildman–Crippen LogP) is 5.37. The van der Waals surface area contributed by atoms with Gasteiger partial charge < -0.3 is 19.7 Å². The molecule has 2 unspecified atom stereocenters. The summed E-state index contributed by atoms with van der Waals surface area (Å²) in [5.41, 5.74) is 7.47. The van der Waals surface area contributed by atoms with Crippen molar-refractivity contribution in [2.24, 2.45) is 11.8 Å². The minimum atomic E-state index is 0.431. The van der Waals surface area contributed by atoms with E-state index in [1.165, 1.54) is 41.6 Å². The van der Waals surface area contributed by atoms with Crippen molar-refractivity contribution in [2.75, 3.05) is 31.1 Å². The van der Waals surface area contributed by atoms with Crippen LogP contribution in [0.5, 0.6) is 5.75 Å². The van der Waals surface area contributed by atoms with E-state index in [0.717, 1.165) is 60.0 Å². The van der Waals surface area contributed by atoms with Crippen LogP contribution in [0.15, 0.2) is 41.8 Å². The maximum absolute atomic E-state index is 9.18. The number of hydrogen-bond donors (Lipinski definition) is 1. The monoisotopic (exact) mass is 505 g/mol. The zero-order valence-electron chi connectivity index (χ0n) is 21.2. The van der Waals surface area contributed by atoms with Crippen molar-refractivity contribution < 1.29 is 14.3 Å². The zero-order chi connectivity index (χ0) is 24.9. The molecular formula is C29H35N3O3S. The Labute approximate surface area is 217 Å². The molecule has 6 rings (SSSR count). The molecule has 36 heavy (non-hydrogen) atoms. The number of nitrogens with one attached hydrogen (secondary N) is 1. The van der Waals surface area contributed by atoms with Crippen LogP contribution in [0.4, 0.5) is 5.13 Å². The number of carbonyl (C=O) groups is 1. The van der Waals surface area contributed by atoms with E-state index in [2.05, 4.69) is 63.7 Å². The summed E-state index contributed by atoms with van der Waals surface area (Å²) in [7, 11) is 0. The van der Waals surface area contributed by atoms with Crippen molar-refractivity contribution >= 4 is 22.9 Å². The SMILES string of the molecule is CCOC=O.Cc1ccc(OCc2ccc3c(c2)CCNC3)c(-c2csc(N3CCC4CC4C3)n2)c1. The van der Waals surface area contributed by atoms with E-state index in [9.17, 15) is 4.79 Å². The van der Waals surface area contributed by atoms with Crippen LogP contribution in [0.1, 0.15) is 42.0 Å². The summed E-state index contributed by atoms with van der Waals surface area (Å²) < 4.78 is 10.5. The molecular weight excluding hydrogens is 470 g/mol. The number of carbonyl (C=O) groups excluding carboxylic acids is 1. The molecule has 3 aromatic rings. The average molecular weight is 506 g/mol. The zero-order valence-corrected chi connectivity index (χ0v) is 22.0. The van der Waals surface area contributed by atoms with Crippen LogP contribution < -0.4 is 15.0 Å². The Hall–Kier alpha value is -2.90. The first-order valence-corrected chi connectivity index (χ1v) is 13.8. The summed E-state index contributed by atoms with van der Waals surface area (Å²) in [5, 5.41) is 6.80. The smallest absolute Gasteiger partial charge is 0.293 e. The number of benzene rings is 2. The lowest BCUT2D eigenvalue weighted by Crippen LogP contribution is -2.31. The van der Waals surface area contributed by atoms with Gasteiger partial charge in [-0.2, -0.15) is 0 Å². The van der Waals surface area contributed by atoms with Gasteiger partial charge in [0.1, 0.15) is 12.4 Å². The topological polar surface area (TPSA) is 63.7 Å². The van der Waals surface area contributed by atoms with Gasteiger partial charge in [-0.1, -0.05) is 29.8 Å². The summed E-state index contributed by atoms with van der Waals surface area (Å²) >= 11 is 1.77. The predicted molar refractivity (Wildman–Crippen MR) is 145 cm³/mol. The van der Waals surface area contributed by atoms with Gasteiger partial charge in [0.25, 0.3) is 6.47 Å². The van der Waals surface area contributed by atoms with Gasteiger partial charge in [0, 0.05) is 30.6 Å². The fourth-order valence-corrected chi connectivity index (χ4v) is 5.97. The highest BCUT2D eigenvalue weighted by molar-refractivity contribution is 7.14. The molecule has 1 N–H and O–H groups in total. The Morgan fingerprint density at radius 1 is 1.19 bits per heavy atom. The van der Waals surface area contributed by atoms with Crippen LogP contribution in [-0.4, -0.2) is 37.7 Å². The van der Waals surface area contributed by atoms with Gasteiger partial charge in [0.2, 0.25) is 0 Å². The molecule has 2 fully saturated rings. The number of piperidine rings is 1. The molecule has 190 valence electrons. The van der Waals surface area contributed by atoms with E-state index >= 15 is 0 Å². The van der Waals surface area contributed by atoms with Crippen LogP contribution in [-0.2, 0) is 29.1 Å². The molecule has 0 amide bonds. The van der Waals surface area contributed by atoms with Gasteiger partial charge in [-0.3, -0.25) is 4.79 Å². The quantitative estimate of drug-likeness (QED) is 0.436. The highest BCUT2D eigenvalue weighted by Crippen LogP contribution is 2.46. The number of hydrogen-bond acceptors (Lipinski definition) is 7. The third-order valence-corrected chi connectivity index (χ3v) is 8.16. The number of anilines is 1. The number of rotatable bonds is 7. The fourth-order valence-electron chi connectivity index (χ4n) is 5.11. The van der Waals surface area contributed by atoms with Crippen molar-refractivity contribution in [3.63, 3.8) is 0 Å².